The minimum atomic E-state index is 0.634. The van der Waals surface area contributed by atoms with Crippen molar-refractivity contribution in [2.45, 2.75) is 12.5 Å². The number of thioether (sulfide) groups is 1. The Balaban J connectivity index is 2.35. The zero-order valence-corrected chi connectivity index (χ0v) is 7.36. The minimum Gasteiger partial charge on any atom is -0.329 e. The smallest absolute Gasteiger partial charge is 0.0223 e. The number of rotatable bonds is 1. The topological polar surface area (TPSA) is 29.3 Å². The number of nitrogens with two attached hydrogens (primary N) is 1. The molecule has 2 nitrogen and oxygen atoms in total. The first-order valence-electron chi connectivity index (χ1n) is 3.82. The lowest BCUT2D eigenvalue weighted by atomic mass is 10.2. The van der Waals surface area contributed by atoms with Crippen LogP contribution in [0.15, 0.2) is 0 Å². The highest BCUT2D eigenvalue weighted by Gasteiger charge is 2.14. The molecule has 0 radical (unpaired) electrons. The standard InChI is InChI=1S/C7H16N2S/c1-9-3-5-10-4-2-7(9)6-8/h7H,2-6,8H2,1H3. The van der Waals surface area contributed by atoms with Crippen LogP contribution in [0.1, 0.15) is 6.42 Å². The second-order valence-corrected chi connectivity index (χ2v) is 4.00. The molecule has 3 heteroatoms. The highest BCUT2D eigenvalue weighted by molar-refractivity contribution is 7.99. The highest BCUT2D eigenvalue weighted by atomic mass is 32.2. The average Bonchev–Trinajstić information content (AvgIpc) is 2.13. The maximum Gasteiger partial charge on any atom is 0.0223 e. The van der Waals surface area contributed by atoms with Crippen molar-refractivity contribution >= 4 is 11.8 Å². The lowest BCUT2D eigenvalue weighted by Gasteiger charge is -2.23. The van der Waals surface area contributed by atoms with Crippen LogP contribution >= 0.6 is 11.8 Å². The first kappa shape index (κ1) is 8.37. The SMILES string of the molecule is CN1CCSCCC1CN. The molecule has 10 heavy (non-hydrogen) atoms. The largest absolute Gasteiger partial charge is 0.329 e. The van der Waals surface area contributed by atoms with Crippen LogP contribution in [0.5, 0.6) is 0 Å². The van der Waals surface area contributed by atoms with Crippen LogP contribution in [0.3, 0.4) is 0 Å². The van der Waals surface area contributed by atoms with E-state index in [0.717, 1.165) is 6.54 Å². The van der Waals surface area contributed by atoms with Crippen LogP contribution in [0.2, 0.25) is 0 Å². The summed E-state index contributed by atoms with van der Waals surface area (Å²) in [5, 5.41) is 0. The molecule has 0 aromatic carbocycles. The summed E-state index contributed by atoms with van der Waals surface area (Å²) in [6.45, 7) is 2.02. The van der Waals surface area contributed by atoms with Gasteiger partial charge in [-0.15, -0.1) is 0 Å². The van der Waals surface area contributed by atoms with Crippen molar-refractivity contribution in [1.82, 2.24) is 4.90 Å². The van der Waals surface area contributed by atoms with E-state index >= 15 is 0 Å². The molecule has 0 aromatic rings. The zero-order chi connectivity index (χ0) is 7.40. The molecule has 60 valence electrons. The van der Waals surface area contributed by atoms with Gasteiger partial charge in [-0.25, -0.2) is 0 Å². The van der Waals surface area contributed by atoms with Gasteiger partial charge in [0.1, 0.15) is 0 Å². The third-order valence-corrected chi connectivity index (χ3v) is 3.07. The monoisotopic (exact) mass is 160 g/mol. The Kier molecular flexibility index (Phi) is 3.52. The molecular formula is C7H16N2S. The van der Waals surface area contributed by atoms with E-state index in [1.54, 1.807) is 0 Å². The number of likely N-dealkylation sites (N-methyl/N-ethyl adjacent to an activating group) is 1. The first-order valence-corrected chi connectivity index (χ1v) is 4.98. The molecule has 1 atom stereocenters. The lowest BCUT2D eigenvalue weighted by Crippen LogP contribution is -2.37. The second-order valence-electron chi connectivity index (χ2n) is 2.77. The van der Waals surface area contributed by atoms with Crippen molar-refractivity contribution in [1.29, 1.82) is 0 Å². The molecule has 0 aliphatic carbocycles. The second kappa shape index (κ2) is 4.21. The van der Waals surface area contributed by atoms with E-state index in [9.17, 15) is 0 Å². The summed E-state index contributed by atoms with van der Waals surface area (Å²) < 4.78 is 0. The van der Waals surface area contributed by atoms with Crippen molar-refractivity contribution in [3.8, 4) is 0 Å². The van der Waals surface area contributed by atoms with Gasteiger partial charge in [-0.1, -0.05) is 0 Å². The van der Waals surface area contributed by atoms with Crippen LogP contribution in [-0.2, 0) is 0 Å². The summed E-state index contributed by atoms with van der Waals surface area (Å²) in [5.41, 5.74) is 5.61. The predicted octanol–water partition coefficient (Wildman–Crippen LogP) is 0.382. The van der Waals surface area contributed by atoms with E-state index in [1.807, 2.05) is 11.8 Å². The van der Waals surface area contributed by atoms with Crippen molar-refractivity contribution < 1.29 is 0 Å². The number of hydrogen-bond donors (Lipinski definition) is 1. The fourth-order valence-corrected chi connectivity index (χ4v) is 2.29. The third-order valence-electron chi connectivity index (χ3n) is 2.08. The normalized spacial score (nSPS) is 30.0. The van der Waals surface area contributed by atoms with Crippen molar-refractivity contribution in [2.24, 2.45) is 5.73 Å². The number of nitrogens with zero attached hydrogens (tertiary/aromatic N) is 1. The van der Waals surface area contributed by atoms with Gasteiger partial charge in [-0.3, -0.25) is 0 Å². The van der Waals surface area contributed by atoms with Gasteiger partial charge in [0, 0.05) is 24.9 Å². The first-order chi connectivity index (χ1) is 4.84. The Morgan fingerprint density at radius 1 is 1.60 bits per heavy atom. The van der Waals surface area contributed by atoms with Gasteiger partial charge in [0.2, 0.25) is 0 Å². The molecule has 1 unspecified atom stereocenters. The van der Waals surface area contributed by atoms with E-state index in [2.05, 4.69) is 11.9 Å². The molecule has 2 N–H and O–H groups in total. The third kappa shape index (κ3) is 2.15. The van der Waals surface area contributed by atoms with Gasteiger partial charge in [0.15, 0.2) is 0 Å². The van der Waals surface area contributed by atoms with Crippen LogP contribution in [0.4, 0.5) is 0 Å². The summed E-state index contributed by atoms with van der Waals surface area (Å²) >= 11 is 2.04. The average molecular weight is 160 g/mol. The van der Waals surface area contributed by atoms with Crippen LogP contribution in [-0.4, -0.2) is 42.6 Å². The summed E-state index contributed by atoms with van der Waals surface area (Å²) in [6.07, 6.45) is 1.26. The minimum absolute atomic E-state index is 0.634. The van der Waals surface area contributed by atoms with Gasteiger partial charge in [-0.05, 0) is 19.2 Å². The van der Waals surface area contributed by atoms with Gasteiger partial charge in [-0.2, -0.15) is 11.8 Å². The Labute approximate surface area is 67.1 Å². The Morgan fingerprint density at radius 3 is 3.10 bits per heavy atom. The lowest BCUT2D eigenvalue weighted by molar-refractivity contribution is 0.260. The maximum atomic E-state index is 5.61. The molecule has 1 saturated heterocycles. The van der Waals surface area contributed by atoms with Crippen molar-refractivity contribution in [3.63, 3.8) is 0 Å². The summed E-state index contributed by atoms with van der Waals surface area (Å²) in [5.74, 6) is 2.55. The van der Waals surface area contributed by atoms with E-state index in [1.165, 1.54) is 24.5 Å². The fraction of sp³-hybridized carbons (Fsp3) is 1.00. The Bertz CT molecular complexity index is 97.6. The van der Waals surface area contributed by atoms with E-state index in [0.29, 0.717) is 6.04 Å². The molecule has 0 aromatic heterocycles. The van der Waals surface area contributed by atoms with E-state index in [4.69, 9.17) is 5.73 Å². The van der Waals surface area contributed by atoms with E-state index in [-0.39, 0.29) is 0 Å². The quantitative estimate of drug-likeness (QED) is 0.601. The zero-order valence-electron chi connectivity index (χ0n) is 6.55. The maximum absolute atomic E-state index is 5.61. The molecular weight excluding hydrogens is 144 g/mol. The summed E-state index contributed by atoms with van der Waals surface area (Å²) in [7, 11) is 2.17. The van der Waals surface area contributed by atoms with Crippen LogP contribution in [0.25, 0.3) is 0 Å². The van der Waals surface area contributed by atoms with Gasteiger partial charge >= 0.3 is 0 Å². The predicted molar refractivity (Wildman–Crippen MR) is 47.4 cm³/mol. The van der Waals surface area contributed by atoms with Crippen LogP contribution < -0.4 is 5.73 Å². The molecule has 1 aliphatic rings. The highest BCUT2D eigenvalue weighted by Crippen LogP contribution is 2.13. The molecule has 0 spiro atoms. The molecule has 1 aliphatic heterocycles. The van der Waals surface area contributed by atoms with Gasteiger partial charge in [0.05, 0.1) is 0 Å². The number of hydrogen-bond acceptors (Lipinski definition) is 3. The Morgan fingerprint density at radius 2 is 2.40 bits per heavy atom. The van der Waals surface area contributed by atoms with Gasteiger partial charge in [0.25, 0.3) is 0 Å². The molecule has 0 bridgehead atoms. The molecule has 0 amide bonds. The van der Waals surface area contributed by atoms with Crippen molar-refractivity contribution in [3.05, 3.63) is 0 Å². The fourth-order valence-electron chi connectivity index (χ4n) is 1.23. The summed E-state index contributed by atoms with van der Waals surface area (Å²) in [6, 6.07) is 0.634. The van der Waals surface area contributed by atoms with Crippen LogP contribution in [0, 0.1) is 0 Å². The molecule has 0 saturated carbocycles. The molecule has 1 heterocycles. The Hall–Kier alpha value is 0.270. The van der Waals surface area contributed by atoms with Crippen molar-refractivity contribution in [2.75, 3.05) is 31.6 Å². The van der Waals surface area contributed by atoms with Gasteiger partial charge < -0.3 is 10.6 Å². The molecule has 1 rings (SSSR count). The summed E-state index contributed by atoms with van der Waals surface area (Å²) in [4.78, 5) is 2.38. The molecule has 1 fully saturated rings. The van der Waals surface area contributed by atoms with E-state index < -0.39 is 0 Å².